The summed E-state index contributed by atoms with van der Waals surface area (Å²) in [6.07, 6.45) is 5.97. The Balaban J connectivity index is 1.53. The Morgan fingerprint density at radius 1 is 1.12 bits per heavy atom. The number of hydrogen-bond acceptors (Lipinski definition) is 5. The van der Waals surface area contributed by atoms with Gasteiger partial charge in [-0.3, -0.25) is 19.3 Å². The van der Waals surface area contributed by atoms with E-state index < -0.39 is 6.04 Å². The number of nitrogens with one attached hydrogen (secondary N) is 1. The van der Waals surface area contributed by atoms with Crippen molar-refractivity contribution in [2.24, 2.45) is 0 Å². The van der Waals surface area contributed by atoms with Gasteiger partial charge in [0.1, 0.15) is 6.04 Å². The van der Waals surface area contributed by atoms with Crippen LogP contribution in [0, 0.1) is 6.92 Å². The minimum atomic E-state index is -0.534. The maximum atomic E-state index is 13.3. The average molecular weight is 475 g/mol. The molecule has 0 bridgehead atoms. The molecule has 2 unspecified atom stereocenters. The van der Waals surface area contributed by atoms with Gasteiger partial charge in [-0.25, -0.2) is 0 Å². The molecule has 0 radical (unpaired) electrons. The standard InChI is InChI=1S/C25H38N4O3S/c1-19-7-6-9-21(17-19)24(31)26-22(10-16-33-3)25(32)28-14-12-27(13-15-28)18-23(30)29-11-5-4-8-20(29)2/h6-7,9,17,20,22H,4-5,8,10-16,18H2,1-3H3,(H,26,31). The zero-order valence-electron chi connectivity index (χ0n) is 20.2. The maximum Gasteiger partial charge on any atom is 0.251 e. The van der Waals surface area contributed by atoms with Crippen molar-refractivity contribution in [2.45, 2.75) is 51.6 Å². The lowest BCUT2D eigenvalue weighted by atomic mass is 10.0. The third-order valence-electron chi connectivity index (χ3n) is 6.66. The summed E-state index contributed by atoms with van der Waals surface area (Å²) in [5.74, 6) is 0.761. The van der Waals surface area contributed by atoms with E-state index in [0.29, 0.717) is 50.7 Å². The number of piperidine rings is 1. The van der Waals surface area contributed by atoms with Gasteiger partial charge < -0.3 is 15.1 Å². The van der Waals surface area contributed by atoms with Gasteiger partial charge in [-0.1, -0.05) is 17.7 Å². The van der Waals surface area contributed by atoms with Crippen LogP contribution < -0.4 is 5.32 Å². The summed E-state index contributed by atoms with van der Waals surface area (Å²) in [5, 5.41) is 2.97. The molecule has 1 aromatic carbocycles. The van der Waals surface area contributed by atoms with Crippen LogP contribution >= 0.6 is 11.8 Å². The van der Waals surface area contributed by atoms with Crippen molar-refractivity contribution in [3.63, 3.8) is 0 Å². The van der Waals surface area contributed by atoms with E-state index >= 15 is 0 Å². The molecule has 0 aliphatic carbocycles. The fourth-order valence-corrected chi connectivity index (χ4v) is 5.09. The molecule has 1 N–H and O–H groups in total. The Bertz CT molecular complexity index is 826. The molecular formula is C25H38N4O3S. The molecule has 2 saturated heterocycles. The number of carbonyl (C=O) groups is 3. The first-order chi connectivity index (χ1) is 15.9. The molecular weight excluding hydrogens is 436 g/mol. The van der Waals surface area contributed by atoms with E-state index in [1.54, 1.807) is 17.8 Å². The highest BCUT2D eigenvalue weighted by Gasteiger charge is 2.30. The Morgan fingerprint density at radius 2 is 1.88 bits per heavy atom. The van der Waals surface area contributed by atoms with Crippen LogP contribution in [0.3, 0.4) is 0 Å². The van der Waals surface area contributed by atoms with Crippen molar-refractivity contribution < 1.29 is 14.4 Å². The molecule has 182 valence electrons. The van der Waals surface area contributed by atoms with Crippen LogP contribution in [-0.4, -0.2) is 95.8 Å². The number of likely N-dealkylation sites (tertiary alicyclic amines) is 1. The molecule has 2 aliphatic rings. The van der Waals surface area contributed by atoms with Gasteiger partial charge in [0, 0.05) is 44.3 Å². The zero-order valence-corrected chi connectivity index (χ0v) is 21.0. The second-order valence-corrected chi connectivity index (χ2v) is 10.2. The molecule has 33 heavy (non-hydrogen) atoms. The van der Waals surface area contributed by atoms with Gasteiger partial charge in [0.15, 0.2) is 0 Å². The Kier molecular flexibility index (Phi) is 9.62. The average Bonchev–Trinajstić information content (AvgIpc) is 2.82. The van der Waals surface area contributed by atoms with Gasteiger partial charge in [0.25, 0.3) is 5.91 Å². The van der Waals surface area contributed by atoms with Gasteiger partial charge in [0.05, 0.1) is 6.54 Å². The number of piperazine rings is 1. The fourth-order valence-electron chi connectivity index (χ4n) is 4.62. The summed E-state index contributed by atoms with van der Waals surface area (Å²) in [7, 11) is 0. The van der Waals surface area contributed by atoms with E-state index in [2.05, 4.69) is 17.1 Å². The first-order valence-corrected chi connectivity index (χ1v) is 13.5. The highest BCUT2D eigenvalue weighted by atomic mass is 32.2. The SMILES string of the molecule is CSCCC(NC(=O)c1cccc(C)c1)C(=O)N1CCN(CC(=O)N2CCCCC2C)CC1. The number of amides is 3. The monoisotopic (exact) mass is 474 g/mol. The first-order valence-electron chi connectivity index (χ1n) is 12.1. The summed E-state index contributed by atoms with van der Waals surface area (Å²) >= 11 is 1.67. The summed E-state index contributed by atoms with van der Waals surface area (Å²) in [6, 6.07) is 7.20. The van der Waals surface area contributed by atoms with Crippen LogP contribution in [0.1, 0.15) is 48.5 Å². The molecule has 0 aromatic heterocycles. The van der Waals surface area contributed by atoms with E-state index in [-0.39, 0.29) is 17.7 Å². The minimum absolute atomic E-state index is 0.0271. The van der Waals surface area contributed by atoms with Crippen LogP contribution in [0.25, 0.3) is 0 Å². The normalized spacial score (nSPS) is 20.4. The van der Waals surface area contributed by atoms with E-state index in [9.17, 15) is 14.4 Å². The molecule has 2 atom stereocenters. The lowest BCUT2D eigenvalue weighted by Gasteiger charge is -2.38. The molecule has 2 heterocycles. The summed E-state index contributed by atoms with van der Waals surface area (Å²) in [6.45, 7) is 7.89. The van der Waals surface area contributed by atoms with Crippen LogP contribution in [0.4, 0.5) is 0 Å². The van der Waals surface area contributed by atoms with Crippen molar-refractivity contribution in [3.8, 4) is 0 Å². The maximum absolute atomic E-state index is 13.3. The molecule has 3 amide bonds. The molecule has 2 fully saturated rings. The third-order valence-corrected chi connectivity index (χ3v) is 7.30. The Morgan fingerprint density at radius 3 is 2.55 bits per heavy atom. The number of thioether (sulfide) groups is 1. The summed E-state index contributed by atoms with van der Waals surface area (Å²) in [4.78, 5) is 44.8. The largest absolute Gasteiger partial charge is 0.340 e. The number of hydrogen-bond donors (Lipinski definition) is 1. The smallest absolute Gasteiger partial charge is 0.251 e. The molecule has 0 spiro atoms. The minimum Gasteiger partial charge on any atom is -0.340 e. The van der Waals surface area contributed by atoms with Gasteiger partial charge >= 0.3 is 0 Å². The van der Waals surface area contributed by atoms with Crippen LogP contribution in [-0.2, 0) is 9.59 Å². The predicted octanol–water partition coefficient (Wildman–Crippen LogP) is 2.39. The number of benzene rings is 1. The number of carbonyl (C=O) groups excluding carboxylic acids is 3. The lowest BCUT2D eigenvalue weighted by molar-refractivity contribution is -0.138. The molecule has 8 heteroatoms. The van der Waals surface area contributed by atoms with Crippen LogP contribution in [0.15, 0.2) is 24.3 Å². The topological polar surface area (TPSA) is 73.0 Å². The fraction of sp³-hybridized carbons (Fsp3) is 0.640. The van der Waals surface area contributed by atoms with Crippen molar-refractivity contribution in [2.75, 3.05) is 51.3 Å². The Labute approximate surface area is 202 Å². The number of aryl methyl sites for hydroxylation is 1. The van der Waals surface area contributed by atoms with Crippen molar-refractivity contribution >= 4 is 29.5 Å². The first kappa shape index (κ1) is 25.6. The van der Waals surface area contributed by atoms with E-state index in [4.69, 9.17) is 0 Å². The highest BCUT2D eigenvalue weighted by molar-refractivity contribution is 7.98. The van der Waals surface area contributed by atoms with Gasteiger partial charge in [0.2, 0.25) is 11.8 Å². The zero-order chi connectivity index (χ0) is 23.8. The van der Waals surface area contributed by atoms with Crippen LogP contribution in [0.5, 0.6) is 0 Å². The molecule has 2 aliphatic heterocycles. The van der Waals surface area contributed by atoms with E-state index in [1.165, 1.54) is 6.42 Å². The van der Waals surface area contributed by atoms with E-state index in [0.717, 1.165) is 30.7 Å². The second kappa shape index (κ2) is 12.4. The Hall–Kier alpha value is -2.06. The van der Waals surface area contributed by atoms with Crippen LogP contribution in [0.2, 0.25) is 0 Å². The highest BCUT2D eigenvalue weighted by Crippen LogP contribution is 2.17. The van der Waals surface area contributed by atoms with Crippen molar-refractivity contribution in [1.29, 1.82) is 0 Å². The summed E-state index contributed by atoms with van der Waals surface area (Å²) < 4.78 is 0. The lowest BCUT2D eigenvalue weighted by Crippen LogP contribution is -2.56. The van der Waals surface area contributed by atoms with E-state index in [1.807, 2.05) is 41.2 Å². The second-order valence-electron chi connectivity index (χ2n) is 9.21. The third kappa shape index (κ3) is 7.21. The van der Waals surface area contributed by atoms with Gasteiger partial charge in [-0.15, -0.1) is 0 Å². The molecule has 0 saturated carbocycles. The molecule has 7 nitrogen and oxygen atoms in total. The van der Waals surface area contributed by atoms with Crippen molar-refractivity contribution in [3.05, 3.63) is 35.4 Å². The molecule has 1 aromatic rings. The van der Waals surface area contributed by atoms with Crippen molar-refractivity contribution in [1.82, 2.24) is 20.0 Å². The quantitative estimate of drug-likeness (QED) is 0.626. The summed E-state index contributed by atoms with van der Waals surface area (Å²) in [5.41, 5.74) is 1.59. The number of nitrogens with zero attached hydrogens (tertiary/aromatic N) is 3. The molecule has 3 rings (SSSR count). The van der Waals surface area contributed by atoms with Gasteiger partial charge in [-0.2, -0.15) is 11.8 Å². The van der Waals surface area contributed by atoms with Gasteiger partial charge in [-0.05, 0) is 63.7 Å². The predicted molar refractivity (Wildman–Crippen MR) is 133 cm³/mol. The number of rotatable bonds is 8.